The molecular weight excluding hydrogens is 469 g/mol. The molecule has 9 heteroatoms. The Morgan fingerprint density at radius 3 is 2.16 bits per heavy atom. The van der Waals surface area contributed by atoms with Gasteiger partial charge in [0.2, 0.25) is 0 Å². The van der Waals surface area contributed by atoms with Crippen molar-refractivity contribution < 1.29 is 103 Å². The Balaban J connectivity index is 0. The molecule has 0 aromatic heterocycles. The zero-order chi connectivity index (χ0) is 18.7. The minimum absolute atomic E-state index is 0. The van der Waals surface area contributed by atoms with Crippen molar-refractivity contribution in [2.75, 3.05) is 0 Å². The summed E-state index contributed by atoms with van der Waals surface area (Å²) in [6, 6.07) is 2.85. The minimum atomic E-state index is -4.78. The van der Waals surface area contributed by atoms with E-state index < -0.39 is 38.6 Å². The molecule has 1 aromatic rings. The predicted octanol–water partition coefficient (Wildman–Crippen LogP) is -0.0245. The number of carbonyl (C=O) groups excluding carboxylic acids is 1. The van der Waals surface area contributed by atoms with Crippen LogP contribution in [-0.2, 0) is 14.9 Å². The van der Waals surface area contributed by atoms with Gasteiger partial charge in [-0.3, -0.25) is 4.55 Å². The molecule has 0 aliphatic rings. The first kappa shape index (κ1) is 25.1. The molecule has 1 rings (SSSR count). The van der Waals surface area contributed by atoms with Crippen LogP contribution in [0.1, 0.15) is 56.3 Å². The average molecular weight is 492 g/mol. The standard InChI is InChI=1S/C16H22O7S.Cs.H/c1-9(2)7-13(10(3)4)23-16(19)12-6-5-11(15(17)18)8-14(12)24(20,21)22;;/h5-6,8-10,13H,7H2,1-4H3,(H,17,18)(H,20,21,22);;/q;+1;-1. The number of rotatable bonds is 7. The number of carbonyl (C=O) groups is 2. The molecule has 0 bridgehead atoms. The molecule has 1 unspecified atom stereocenters. The Kier molecular flexibility index (Phi) is 10.5. The van der Waals surface area contributed by atoms with Gasteiger partial charge in [0.1, 0.15) is 11.0 Å². The largest absolute Gasteiger partial charge is 1.00 e. The zero-order valence-electron chi connectivity index (χ0n) is 16.0. The van der Waals surface area contributed by atoms with Gasteiger partial charge in [-0.15, -0.1) is 0 Å². The number of hydrogen-bond donors (Lipinski definition) is 2. The molecule has 0 spiro atoms. The Hall–Kier alpha value is 0.122. The van der Waals surface area contributed by atoms with E-state index in [1.165, 1.54) is 0 Å². The molecule has 0 saturated carbocycles. The fraction of sp³-hybridized carbons (Fsp3) is 0.500. The first-order valence-electron chi connectivity index (χ1n) is 7.49. The summed E-state index contributed by atoms with van der Waals surface area (Å²) in [6.45, 7) is 7.68. The molecule has 2 N–H and O–H groups in total. The number of hydrogen-bond acceptors (Lipinski definition) is 5. The van der Waals surface area contributed by atoms with Gasteiger partial charge in [0.15, 0.2) is 0 Å². The number of esters is 1. The Bertz CT molecular complexity index is 732. The Labute approximate surface area is 208 Å². The van der Waals surface area contributed by atoms with Crippen molar-refractivity contribution in [3.8, 4) is 0 Å². The summed E-state index contributed by atoms with van der Waals surface area (Å²) in [7, 11) is -4.78. The van der Waals surface area contributed by atoms with Crippen molar-refractivity contribution in [2.45, 2.75) is 45.1 Å². The molecule has 136 valence electrons. The second-order valence-electron chi connectivity index (χ2n) is 6.31. The smallest absolute Gasteiger partial charge is 1.00 e. The predicted molar refractivity (Wildman–Crippen MR) is 87.8 cm³/mol. The fourth-order valence-corrected chi connectivity index (χ4v) is 2.86. The molecule has 1 aromatic carbocycles. The van der Waals surface area contributed by atoms with Gasteiger partial charge in [0.25, 0.3) is 10.1 Å². The van der Waals surface area contributed by atoms with E-state index in [2.05, 4.69) is 0 Å². The van der Waals surface area contributed by atoms with Crippen LogP contribution < -0.4 is 68.9 Å². The van der Waals surface area contributed by atoms with Crippen molar-refractivity contribution in [2.24, 2.45) is 11.8 Å². The van der Waals surface area contributed by atoms with Gasteiger partial charge in [0.05, 0.1) is 11.1 Å². The molecular formula is C16H23CsO7S. The van der Waals surface area contributed by atoms with Gasteiger partial charge in [0, 0.05) is 0 Å². The molecule has 1 atom stereocenters. The van der Waals surface area contributed by atoms with Gasteiger partial charge in [-0.2, -0.15) is 8.42 Å². The van der Waals surface area contributed by atoms with Crippen molar-refractivity contribution in [3.63, 3.8) is 0 Å². The molecule has 0 amide bonds. The number of carboxylic acid groups (broad SMARTS) is 1. The fourth-order valence-electron chi connectivity index (χ4n) is 2.16. The van der Waals surface area contributed by atoms with Gasteiger partial charge < -0.3 is 11.3 Å². The molecule has 0 aliphatic carbocycles. The van der Waals surface area contributed by atoms with E-state index in [0.717, 1.165) is 18.2 Å². The topological polar surface area (TPSA) is 118 Å². The average Bonchev–Trinajstić information content (AvgIpc) is 2.44. The van der Waals surface area contributed by atoms with Gasteiger partial charge in [-0.1, -0.05) is 27.7 Å². The molecule has 7 nitrogen and oxygen atoms in total. The van der Waals surface area contributed by atoms with Crippen LogP contribution >= 0.6 is 0 Å². The molecule has 0 aliphatic heterocycles. The summed E-state index contributed by atoms with van der Waals surface area (Å²) in [5.41, 5.74) is -0.751. The molecule has 0 saturated heterocycles. The summed E-state index contributed by atoms with van der Waals surface area (Å²) < 4.78 is 37.6. The van der Waals surface area contributed by atoms with Crippen LogP contribution in [0.5, 0.6) is 0 Å². The van der Waals surface area contributed by atoms with Crippen LogP contribution in [0.2, 0.25) is 0 Å². The second kappa shape index (κ2) is 10.5. The summed E-state index contributed by atoms with van der Waals surface area (Å²) in [4.78, 5) is 22.5. The molecule has 0 radical (unpaired) electrons. The van der Waals surface area contributed by atoms with Crippen LogP contribution in [0.3, 0.4) is 0 Å². The number of aromatic carboxylic acids is 1. The van der Waals surface area contributed by atoms with Crippen LogP contribution in [-0.4, -0.2) is 36.1 Å². The third-order valence-corrected chi connectivity index (χ3v) is 4.33. The Morgan fingerprint density at radius 1 is 1.20 bits per heavy atom. The van der Waals surface area contributed by atoms with Gasteiger partial charge in [-0.05, 0) is 36.5 Å². The van der Waals surface area contributed by atoms with E-state index >= 15 is 0 Å². The van der Waals surface area contributed by atoms with Crippen molar-refractivity contribution >= 4 is 22.1 Å². The normalized spacial score (nSPS) is 12.6. The van der Waals surface area contributed by atoms with E-state index in [-0.39, 0.29) is 87.7 Å². The van der Waals surface area contributed by atoms with Crippen LogP contribution in [0.4, 0.5) is 0 Å². The molecule has 0 fully saturated rings. The summed E-state index contributed by atoms with van der Waals surface area (Å²) in [5.74, 6) is -2.01. The quantitative estimate of drug-likeness (QED) is 0.406. The van der Waals surface area contributed by atoms with Crippen LogP contribution in [0, 0.1) is 11.8 Å². The minimum Gasteiger partial charge on any atom is -1.00 e. The summed E-state index contributed by atoms with van der Waals surface area (Å²) in [5, 5.41) is 8.93. The van der Waals surface area contributed by atoms with Crippen molar-refractivity contribution in [1.82, 2.24) is 0 Å². The maximum atomic E-state index is 12.3. The van der Waals surface area contributed by atoms with E-state index in [0.29, 0.717) is 6.42 Å². The summed E-state index contributed by atoms with van der Waals surface area (Å²) >= 11 is 0. The Morgan fingerprint density at radius 2 is 1.76 bits per heavy atom. The second-order valence-corrected chi connectivity index (χ2v) is 7.70. The van der Waals surface area contributed by atoms with E-state index in [1.807, 2.05) is 27.7 Å². The number of carboxylic acids is 1. The first-order chi connectivity index (χ1) is 10.9. The number of ether oxygens (including phenoxy) is 1. The molecule has 25 heavy (non-hydrogen) atoms. The van der Waals surface area contributed by atoms with E-state index in [4.69, 9.17) is 9.84 Å². The zero-order valence-corrected chi connectivity index (χ0v) is 22.1. The van der Waals surface area contributed by atoms with Crippen molar-refractivity contribution in [1.29, 1.82) is 0 Å². The van der Waals surface area contributed by atoms with Crippen LogP contribution in [0.15, 0.2) is 23.1 Å². The first-order valence-corrected chi connectivity index (χ1v) is 8.93. The monoisotopic (exact) mass is 492 g/mol. The third-order valence-electron chi connectivity index (χ3n) is 3.43. The molecule has 0 heterocycles. The SMILES string of the molecule is CC(C)CC(OC(=O)c1ccc(C(=O)O)cc1S(=O)(=O)O)C(C)C.[Cs+].[H-]. The van der Waals surface area contributed by atoms with E-state index in [9.17, 15) is 22.6 Å². The van der Waals surface area contributed by atoms with Crippen LogP contribution in [0.25, 0.3) is 0 Å². The third kappa shape index (κ3) is 7.71. The maximum absolute atomic E-state index is 12.3. The number of benzene rings is 1. The maximum Gasteiger partial charge on any atom is 1.00 e. The van der Waals surface area contributed by atoms with Crippen molar-refractivity contribution in [3.05, 3.63) is 29.3 Å². The van der Waals surface area contributed by atoms with Gasteiger partial charge >= 0.3 is 80.8 Å². The van der Waals surface area contributed by atoms with E-state index in [1.54, 1.807) is 0 Å². The summed E-state index contributed by atoms with van der Waals surface area (Å²) in [6.07, 6.45) is 0.170. The van der Waals surface area contributed by atoms with Gasteiger partial charge in [-0.25, -0.2) is 9.59 Å².